The van der Waals surface area contributed by atoms with Crippen LogP contribution in [0, 0.1) is 6.92 Å². The van der Waals surface area contributed by atoms with Gasteiger partial charge in [0, 0.05) is 18.7 Å². The van der Waals surface area contributed by atoms with Gasteiger partial charge in [-0.25, -0.2) is 8.42 Å². The Morgan fingerprint density at radius 3 is 2.50 bits per heavy atom. The number of benzene rings is 2. The fourth-order valence-corrected chi connectivity index (χ4v) is 6.00. The Labute approximate surface area is 191 Å². The molecule has 7 heteroatoms. The fourth-order valence-electron chi connectivity index (χ4n) is 4.57. The third kappa shape index (κ3) is 4.75. The molecule has 1 fully saturated rings. The Bertz CT molecular complexity index is 1090. The lowest BCUT2D eigenvalue weighted by Gasteiger charge is -2.26. The third-order valence-corrected chi connectivity index (χ3v) is 8.44. The van der Waals surface area contributed by atoms with E-state index in [1.54, 1.807) is 12.1 Å². The molecule has 0 radical (unpaired) electrons. The monoisotopic (exact) mass is 456 g/mol. The molecule has 172 valence electrons. The maximum Gasteiger partial charge on any atom is 0.252 e. The lowest BCUT2D eigenvalue weighted by Crippen LogP contribution is -2.40. The molecule has 2 aromatic rings. The Morgan fingerprint density at radius 2 is 1.78 bits per heavy atom. The van der Waals surface area contributed by atoms with Crippen molar-refractivity contribution in [1.82, 2.24) is 9.62 Å². The van der Waals surface area contributed by atoms with Gasteiger partial charge in [-0.05, 0) is 73.4 Å². The summed E-state index contributed by atoms with van der Waals surface area (Å²) in [4.78, 5) is 13.4. The summed E-state index contributed by atoms with van der Waals surface area (Å²) in [6.45, 7) is 5.31. The molecule has 1 atom stereocenters. The number of nitrogens with zero attached hydrogens (tertiary/aromatic N) is 1. The molecule has 2 aliphatic rings. The van der Waals surface area contributed by atoms with Crippen LogP contribution in [0.1, 0.15) is 64.8 Å². The second-order valence-electron chi connectivity index (χ2n) is 8.66. The number of amides is 1. The quantitative estimate of drug-likeness (QED) is 0.718. The van der Waals surface area contributed by atoms with E-state index in [1.165, 1.54) is 34.3 Å². The summed E-state index contributed by atoms with van der Waals surface area (Å²) in [5.41, 5.74) is 5.06. The number of aryl methyl sites for hydroxylation is 3. The van der Waals surface area contributed by atoms with E-state index < -0.39 is 10.0 Å². The van der Waals surface area contributed by atoms with Crippen LogP contribution in [-0.4, -0.2) is 44.9 Å². The Balaban J connectivity index is 1.56. The van der Waals surface area contributed by atoms with Crippen LogP contribution in [0.3, 0.4) is 0 Å². The van der Waals surface area contributed by atoms with Crippen molar-refractivity contribution in [3.8, 4) is 0 Å². The van der Waals surface area contributed by atoms with Crippen LogP contribution >= 0.6 is 0 Å². The molecule has 4 rings (SSSR count). The molecule has 6 nitrogen and oxygen atoms in total. The number of fused-ring (bicyclic) bond motifs is 1. The van der Waals surface area contributed by atoms with Crippen molar-refractivity contribution >= 4 is 15.9 Å². The van der Waals surface area contributed by atoms with Crippen molar-refractivity contribution < 1.29 is 17.9 Å². The van der Waals surface area contributed by atoms with Crippen LogP contribution in [0.5, 0.6) is 0 Å². The van der Waals surface area contributed by atoms with Gasteiger partial charge in [0.2, 0.25) is 10.0 Å². The maximum absolute atomic E-state index is 13.2. The number of carbonyl (C=O) groups excluding carboxylic acids is 1. The first-order valence-electron chi connectivity index (χ1n) is 11.5. The fraction of sp³-hybridized carbons (Fsp3) is 0.480. The zero-order valence-electron chi connectivity index (χ0n) is 18.9. The van der Waals surface area contributed by atoms with Gasteiger partial charge >= 0.3 is 0 Å². The summed E-state index contributed by atoms with van der Waals surface area (Å²) in [5, 5.41) is 3.14. The normalized spacial score (nSPS) is 18.1. The van der Waals surface area contributed by atoms with E-state index in [1.807, 2.05) is 6.92 Å². The standard InChI is InChI=1S/C25H32N2O4S/c1-3-24(21-10-9-19-6-4-5-7-20(19)16-21)26-25(28)23-17-22(11-8-18(23)2)32(29,30)27-12-14-31-15-13-27/h8-11,16-17,24H,3-7,12-15H2,1-2H3,(H,26,28)/t24-/m0/s1. The first-order chi connectivity index (χ1) is 15.4. The average Bonchev–Trinajstić information content (AvgIpc) is 2.82. The van der Waals surface area contributed by atoms with Crippen molar-refractivity contribution in [1.29, 1.82) is 0 Å². The Morgan fingerprint density at radius 1 is 1.06 bits per heavy atom. The minimum absolute atomic E-state index is 0.117. The molecule has 1 heterocycles. The highest BCUT2D eigenvalue weighted by Crippen LogP contribution is 2.27. The van der Waals surface area contributed by atoms with Crippen molar-refractivity contribution in [2.45, 2.75) is 56.9 Å². The van der Waals surface area contributed by atoms with Gasteiger partial charge in [-0.2, -0.15) is 4.31 Å². The predicted octanol–water partition coefficient (Wildman–Crippen LogP) is 3.78. The number of hydrogen-bond donors (Lipinski definition) is 1. The van der Waals surface area contributed by atoms with Gasteiger partial charge in [-0.1, -0.05) is 31.2 Å². The molecule has 2 aromatic carbocycles. The first kappa shape index (κ1) is 23.0. The molecule has 0 bridgehead atoms. The van der Waals surface area contributed by atoms with E-state index in [-0.39, 0.29) is 16.8 Å². The van der Waals surface area contributed by atoms with Crippen LogP contribution in [0.25, 0.3) is 0 Å². The van der Waals surface area contributed by atoms with E-state index in [0.29, 0.717) is 31.9 Å². The molecule has 1 N–H and O–H groups in total. The van der Waals surface area contributed by atoms with Crippen molar-refractivity contribution in [2.75, 3.05) is 26.3 Å². The lowest BCUT2D eigenvalue weighted by molar-refractivity contribution is 0.0730. The topological polar surface area (TPSA) is 75.7 Å². The van der Waals surface area contributed by atoms with E-state index in [9.17, 15) is 13.2 Å². The summed E-state index contributed by atoms with van der Waals surface area (Å²) in [6.07, 6.45) is 5.43. The SMILES string of the molecule is CC[C@H](NC(=O)c1cc(S(=O)(=O)N2CCOCC2)ccc1C)c1ccc2c(c1)CCCC2. The van der Waals surface area contributed by atoms with Crippen LogP contribution in [0.4, 0.5) is 0 Å². The van der Waals surface area contributed by atoms with Gasteiger partial charge in [-0.3, -0.25) is 4.79 Å². The van der Waals surface area contributed by atoms with Gasteiger partial charge < -0.3 is 10.1 Å². The molecule has 32 heavy (non-hydrogen) atoms. The smallest absolute Gasteiger partial charge is 0.252 e. The average molecular weight is 457 g/mol. The van der Waals surface area contributed by atoms with Gasteiger partial charge in [0.05, 0.1) is 24.2 Å². The molecule has 0 aromatic heterocycles. The van der Waals surface area contributed by atoms with E-state index in [0.717, 1.165) is 30.4 Å². The molecule has 0 spiro atoms. The third-order valence-electron chi connectivity index (χ3n) is 6.55. The second-order valence-corrected chi connectivity index (χ2v) is 10.6. The Kier molecular flexibility index (Phi) is 6.98. The highest BCUT2D eigenvalue weighted by atomic mass is 32.2. The molecule has 0 saturated carbocycles. The summed E-state index contributed by atoms with van der Waals surface area (Å²) in [6, 6.07) is 11.2. The zero-order chi connectivity index (χ0) is 22.7. The summed E-state index contributed by atoms with van der Waals surface area (Å²) < 4.78 is 32.8. The first-order valence-corrected chi connectivity index (χ1v) is 12.9. The molecule has 0 unspecified atom stereocenters. The largest absolute Gasteiger partial charge is 0.379 e. The van der Waals surface area contributed by atoms with Gasteiger partial charge in [-0.15, -0.1) is 0 Å². The Hall–Kier alpha value is -2.22. The lowest BCUT2D eigenvalue weighted by atomic mass is 9.88. The predicted molar refractivity (Wildman–Crippen MR) is 124 cm³/mol. The molecule has 1 saturated heterocycles. The molecule has 1 amide bonds. The van der Waals surface area contributed by atoms with Gasteiger partial charge in [0.25, 0.3) is 5.91 Å². The minimum Gasteiger partial charge on any atom is -0.379 e. The molecule has 1 aliphatic carbocycles. The van der Waals surface area contributed by atoms with Crippen LogP contribution in [-0.2, 0) is 27.6 Å². The molecular weight excluding hydrogens is 424 g/mol. The number of nitrogens with one attached hydrogen (secondary N) is 1. The van der Waals surface area contributed by atoms with Crippen LogP contribution in [0.2, 0.25) is 0 Å². The van der Waals surface area contributed by atoms with Crippen molar-refractivity contribution in [2.24, 2.45) is 0 Å². The van der Waals surface area contributed by atoms with Crippen molar-refractivity contribution in [3.05, 3.63) is 64.2 Å². The number of ether oxygens (including phenoxy) is 1. The van der Waals surface area contributed by atoms with Gasteiger partial charge in [0.15, 0.2) is 0 Å². The number of rotatable bonds is 6. The molecule has 1 aliphatic heterocycles. The maximum atomic E-state index is 13.2. The van der Waals surface area contributed by atoms with E-state index in [2.05, 4.69) is 30.4 Å². The highest BCUT2D eigenvalue weighted by Gasteiger charge is 2.28. The van der Waals surface area contributed by atoms with E-state index >= 15 is 0 Å². The summed E-state index contributed by atoms with van der Waals surface area (Å²) in [5.74, 6) is -0.244. The second kappa shape index (κ2) is 9.73. The molecular formula is C25H32N2O4S. The van der Waals surface area contributed by atoms with Gasteiger partial charge in [0.1, 0.15) is 0 Å². The zero-order valence-corrected chi connectivity index (χ0v) is 19.7. The summed E-state index contributed by atoms with van der Waals surface area (Å²) >= 11 is 0. The number of hydrogen-bond acceptors (Lipinski definition) is 4. The van der Waals surface area contributed by atoms with Crippen molar-refractivity contribution in [3.63, 3.8) is 0 Å². The van der Waals surface area contributed by atoms with Crippen LogP contribution in [0.15, 0.2) is 41.3 Å². The summed E-state index contributed by atoms with van der Waals surface area (Å²) in [7, 11) is -3.66. The number of morpholine rings is 1. The highest BCUT2D eigenvalue weighted by molar-refractivity contribution is 7.89. The number of sulfonamides is 1. The van der Waals surface area contributed by atoms with E-state index in [4.69, 9.17) is 4.74 Å². The minimum atomic E-state index is -3.66. The number of carbonyl (C=O) groups is 1. The van der Waals surface area contributed by atoms with Crippen LogP contribution < -0.4 is 5.32 Å².